The Morgan fingerprint density at radius 2 is 1.65 bits per heavy atom. The Balaban J connectivity index is 1.57. The van der Waals surface area contributed by atoms with Gasteiger partial charge < -0.3 is 4.90 Å². The molecule has 0 amide bonds. The molecule has 26 heavy (non-hydrogen) atoms. The maximum atomic E-state index is 12.7. The number of likely N-dealkylation sites (tertiary alicyclic amines) is 1. The fraction of sp³-hybridized carbons (Fsp3) is 0.700. The van der Waals surface area contributed by atoms with Gasteiger partial charge in [-0.15, -0.1) is 0 Å². The first-order valence-electron chi connectivity index (χ1n) is 9.51. The minimum Gasteiger partial charge on any atom is -0.306 e. The van der Waals surface area contributed by atoms with E-state index in [1.54, 1.807) is 12.1 Å². The second kappa shape index (κ2) is 7.49. The van der Waals surface area contributed by atoms with Crippen molar-refractivity contribution in [1.82, 2.24) is 14.7 Å². The average molecular weight is 369 g/mol. The smallest absolute Gasteiger partial charge is 0.306 e. The Kier molecular flexibility index (Phi) is 5.66. The summed E-state index contributed by atoms with van der Waals surface area (Å²) in [6.07, 6.45) is -1.86. The molecule has 0 radical (unpaired) electrons. The van der Waals surface area contributed by atoms with Crippen molar-refractivity contribution < 1.29 is 13.2 Å². The van der Waals surface area contributed by atoms with Gasteiger partial charge in [0.05, 0.1) is 5.56 Å². The van der Waals surface area contributed by atoms with Gasteiger partial charge in [-0.3, -0.25) is 9.80 Å². The number of hydrogen-bond donors (Lipinski definition) is 0. The molecule has 0 saturated carbocycles. The number of piperazine rings is 1. The molecule has 1 atom stereocenters. The fourth-order valence-electron chi connectivity index (χ4n) is 4.17. The number of rotatable bonds is 3. The van der Waals surface area contributed by atoms with Crippen molar-refractivity contribution in [3.63, 3.8) is 0 Å². The van der Waals surface area contributed by atoms with E-state index >= 15 is 0 Å². The molecule has 3 nitrogen and oxygen atoms in total. The lowest BCUT2D eigenvalue weighted by molar-refractivity contribution is -0.137. The molecule has 3 rings (SSSR count). The monoisotopic (exact) mass is 369 g/mol. The predicted molar refractivity (Wildman–Crippen MR) is 98.0 cm³/mol. The number of halogens is 3. The van der Waals surface area contributed by atoms with E-state index < -0.39 is 11.7 Å². The molecule has 2 aliphatic heterocycles. The summed E-state index contributed by atoms with van der Waals surface area (Å²) < 4.78 is 38.1. The number of alkyl halides is 3. The second-order valence-corrected chi connectivity index (χ2v) is 8.26. The van der Waals surface area contributed by atoms with E-state index in [9.17, 15) is 13.2 Å². The molecule has 2 aliphatic rings. The van der Waals surface area contributed by atoms with E-state index in [-0.39, 0.29) is 5.54 Å². The van der Waals surface area contributed by atoms with Crippen LogP contribution in [0.4, 0.5) is 13.2 Å². The number of benzene rings is 1. The minimum atomic E-state index is -4.26. The lowest BCUT2D eigenvalue weighted by Crippen LogP contribution is -2.61. The van der Waals surface area contributed by atoms with Crippen LogP contribution >= 0.6 is 0 Å². The Hall–Kier alpha value is -1.11. The standard InChI is InChI=1S/C20H30F3N3/c1-16-14-26(19(2)8-10-24(3)11-9-19)13-12-25(16)15-17-4-6-18(7-5-17)20(21,22)23/h4-7,16H,8-15H2,1-3H3. The quantitative estimate of drug-likeness (QED) is 0.804. The van der Waals surface area contributed by atoms with E-state index in [1.807, 2.05) is 0 Å². The second-order valence-electron chi connectivity index (χ2n) is 8.26. The van der Waals surface area contributed by atoms with Crippen molar-refractivity contribution in [2.75, 3.05) is 39.8 Å². The molecular weight excluding hydrogens is 339 g/mol. The zero-order valence-electron chi connectivity index (χ0n) is 16.0. The van der Waals surface area contributed by atoms with Crippen molar-refractivity contribution in [2.24, 2.45) is 0 Å². The first-order valence-corrected chi connectivity index (χ1v) is 9.51. The Morgan fingerprint density at radius 1 is 1.04 bits per heavy atom. The SMILES string of the molecule is CC1CN(C2(C)CCN(C)CC2)CCN1Cc1ccc(C(F)(F)F)cc1. The van der Waals surface area contributed by atoms with Crippen LogP contribution in [0.5, 0.6) is 0 Å². The van der Waals surface area contributed by atoms with Crippen LogP contribution in [0.25, 0.3) is 0 Å². The van der Waals surface area contributed by atoms with Gasteiger partial charge in [-0.05, 0) is 64.5 Å². The van der Waals surface area contributed by atoms with Gasteiger partial charge in [0.15, 0.2) is 0 Å². The third-order valence-electron chi connectivity index (χ3n) is 6.26. The molecule has 2 fully saturated rings. The topological polar surface area (TPSA) is 9.72 Å². The van der Waals surface area contributed by atoms with Crippen LogP contribution in [0.3, 0.4) is 0 Å². The molecule has 0 N–H and O–H groups in total. The highest BCUT2D eigenvalue weighted by Gasteiger charge is 2.38. The van der Waals surface area contributed by atoms with Gasteiger partial charge >= 0.3 is 6.18 Å². The van der Waals surface area contributed by atoms with Crippen LogP contribution in [0.2, 0.25) is 0 Å². The zero-order valence-corrected chi connectivity index (χ0v) is 16.0. The van der Waals surface area contributed by atoms with Gasteiger partial charge in [0.1, 0.15) is 0 Å². The van der Waals surface area contributed by atoms with Crippen molar-refractivity contribution >= 4 is 0 Å². The van der Waals surface area contributed by atoms with Crippen molar-refractivity contribution in [2.45, 2.75) is 51.0 Å². The predicted octanol–water partition coefficient (Wildman–Crippen LogP) is 3.70. The first-order chi connectivity index (χ1) is 12.2. The van der Waals surface area contributed by atoms with Gasteiger partial charge in [-0.2, -0.15) is 13.2 Å². The largest absolute Gasteiger partial charge is 0.416 e. The maximum absolute atomic E-state index is 12.7. The summed E-state index contributed by atoms with van der Waals surface area (Å²) >= 11 is 0. The zero-order chi connectivity index (χ0) is 18.9. The lowest BCUT2D eigenvalue weighted by atomic mass is 9.86. The summed E-state index contributed by atoms with van der Waals surface area (Å²) in [6, 6.07) is 6.01. The van der Waals surface area contributed by atoms with Crippen LogP contribution in [-0.4, -0.2) is 66.1 Å². The summed E-state index contributed by atoms with van der Waals surface area (Å²) in [4.78, 5) is 7.41. The first kappa shape index (κ1) is 19.6. The highest BCUT2D eigenvalue weighted by atomic mass is 19.4. The molecule has 6 heteroatoms. The van der Waals surface area contributed by atoms with Gasteiger partial charge in [-0.25, -0.2) is 0 Å². The normalized spacial score (nSPS) is 26.2. The third kappa shape index (κ3) is 4.41. The van der Waals surface area contributed by atoms with Crippen LogP contribution in [0, 0.1) is 0 Å². The molecule has 1 unspecified atom stereocenters. The maximum Gasteiger partial charge on any atom is 0.416 e. The Labute approximate surface area is 154 Å². The van der Waals surface area contributed by atoms with Crippen LogP contribution < -0.4 is 0 Å². The van der Waals surface area contributed by atoms with E-state index in [0.29, 0.717) is 12.6 Å². The van der Waals surface area contributed by atoms with Crippen LogP contribution in [0.1, 0.15) is 37.8 Å². The molecule has 2 heterocycles. The summed E-state index contributed by atoms with van der Waals surface area (Å²) in [5.74, 6) is 0. The van der Waals surface area contributed by atoms with Crippen molar-refractivity contribution in [3.05, 3.63) is 35.4 Å². The molecule has 0 bridgehead atoms. The van der Waals surface area contributed by atoms with E-state index in [4.69, 9.17) is 0 Å². The number of piperidine rings is 1. The van der Waals surface area contributed by atoms with Gasteiger partial charge in [0.2, 0.25) is 0 Å². The Bertz CT molecular complexity index is 591. The summed E-state index contributed by atoms with van der Waals surface area (Å²) in [7, 11) is 2.18. The molecule has 0 aliphatic carbocycles. The lowest BCUT2D eigenvalue weighted by Gasteiger charge is -2.51. The van der Waals surface area contributed by atoms with Crippen molar-refractivity contribution in [3.8, 4) is 0 Å². The summed E-state index contributed by atoms with van der Waals surface area (Å²) in [5.41, 5.74) is 0.652. The Morgan fingerprint density at radius 3 is 2.19 bits per heavy atom. The molecule has 0 aromatic heterocycles. The molecule has 1 aromatic rings. The molecule has 2 saturated heterocycles. The molecule has 1 aromatic carbocycles. The molecule has 146 valence electrons. The molecule has 0 spiro atoms. The van der Waals surface area contributed by atoms with Gasteiger partial charge in [0.25, 0.3) is 0 Å². The van der Waals surface area contributed by atoms with Gasteiger partial charge in [-0.1, -0.05) is 12.1 Å². The fourth-order valence-corrected chi connectivity index (χ4v) is 4.17. The third-order valence-corrected chi connectivity index (χ3v) is 6.26. The summed E-state index contributed by atoms with van der Waals surface area (Å²) in [6.45, 7) is 10.7. The van der Waals surface area contributed by atoms with E-state index in [0.717, 1.165) is 38.3 Å². The highest BCUT2D eigenvalue weighted by Crippen LogP contribution is 2.31. The van der Waals surface area contributed by atoms with Gasteiger partial charge in [0, 0.05) is 37.8 Å². The van der Waals surface area contributed by atoms with Crippen molar-refractivity contribution in [1.29, 1.82) is 0 Å². The minimum absolute atomic E-state index is 0.279. The van der Waals surface area contributed by atoms with E-state index in [1.165, 1.54) is 25.0 Å². The highest BCUT2D eigenvalue weighted by molar-refractivity contribution is 5.24. The number of nitrogens with zero attached hydrogens (tertiary/aromatic N) is 3. The number of hydrogen-bond acceptors (Lipinski definition) is 3. The van der Waals surface area contributed by atoms with Crippen LogP contribution in [0.15, 0.2) is 24.3 Å². The summed E-state index contributed by atoms with van der Waals surface area (Å²) in [5, 5.41) is 0. The average Bonchev–Trinajstić information content (AvgIpc) is 2.59. The van der Waals surface area contributed by atoms with E-state index in [2.05, 4.69) is 35.6 Å². The molecular formula is C20H30F3N3. The van der Waals surface area contributed by atoms with Crippen LogP contribution in [-0.2, 0) is 12.7 Å².